The Balaban J connectivity index is 1.79. The molecule has 0 bridgehead atoms. The van der Waals surface area contributed by atoms with Gasteiger partial charge in [0.25, 0.3) is 0 Å². The van der Waals surface area contributed by atoms with Gasteiger partial charge in [-0.15, -0.1) is 0 Å². The molecular formula is C23H19N2O+. The molecule has 0 spiro atoms. The van der Waals surface area contributed by atoms with E-state index in [-0.39, 0.29) is 10.4 Å². The molecule has 2 heterocycles. The van der Waals surface area contributed by atoms with Crippen LogP contribution in [0.25, 0.3) is 35.6 Å². The zero-order valence-corrected chi connectivity index (χ0v) is 14.8. The summed E-state index contributed by atoms with van der Waals surface area (Å²) in [6, 6.07) is 16.3. The van der Waals surface area contributed by atoms with E-state index in [0.717, 1.165) is 21.6 Å². The molecule has 5 rings (SSSR count). The Morgan fingerprint density at radius 1 is 0.769 bits per heavy atom. The van der Waals surface area contributed by atoms with E-state index in [4.69, 9.17) is 0 Å². The van der Waals surface area contributed by atoms with Crippen molar-refractivity contribution in [3.05, 3.63) is 80.5 Å². The van der Waals surface area contributed by atoms with Crippen LogP contribution in [0.2, 0.25) is 0 Å². The topological polar surface area (TPSA) is 29.1 Å². The molecule has 2 aliphatic rings. The number of carbonyl (C=O) groups is 1. The predicted octanol–water partition coefficient (Wildman–Crippen LogP) is 1.00. The standard InChI is InChI=1S/C23H19N2O/c1-15-3-5-16(6-4-15)23(26)25(2)13-19-9-7-17-11-24-12-18-8-10-20(14-25)22(19)21(17)18/h3-14,24H,1-2H3/q+1. The van der Waals surface area contributed by atoms with E-state index in [2.05, 4.69) is 42.0 Å². The molecule has 1 N–H and O–H groups in total. The summed E-state index contributed by atoms with van der Waals surface area (Å²) in [4.78, 5) is 13.3. The monoisotopic (exact) mass is 339 g/mol. The van der Waals surface area contributed by atoms with E-state index in [1.165, 1.54) is 21.2 Å². The summed E-state index contributed by atoms with van der Waals surface area (Å²) < 4.78 is 0.134. The van der Waals surface area contributed by atoms with Crippen LogP contribution in [-0.4, -0.2) is 17.4 Å². The number of aryl methyl sites for hydroxylation is 1. The molecule has 26 heavy (non-hydrogen) atoms. The Bertz CT molecular complexity index is 1260. The first kappa shape index (κ1) is 15.1. The molecule has 0 saturated heterocycles. The first-order chi connectivity index (χ1) is 12.5. The lowest BCUT2D eigenvalue weighted by Gasteiger charge is -2.25. The fourth-order valence-electron chi connectivity index (χ4n) is 3.99. The van der Waals surface area contributed by atoms with Gasteiger partial charge in [-0.2, -0.15) is 0 Å². The van der Waals surface area contributed by atoms with Gasteiger partial charge in [0.2, 0.25) is 0 Å². The van der Waals surface area contributed by atoms with Gasteiger partial charge in [0.05, 0.1) is 12.6 Å². The van der Waals surface area contributed by atoms with Gasteiger partial charge in [-0.25, -0.2) is 9.28 Å². The molecule has 0 unspecified atom stereocenters. The molecule has 1 amide bonds. The van der Waals surface area contributed by atoms with Crippen molar-refractivity contribution in [2.45, 2.75) is 6.92 Å². The van der Waals surface area contributed by atoms with Crippen LogP contribution in [0.4, 0.5) is 0 Å². The summed E-state index contributed by atoms with van der Waals surface area (Å²) in [6.45, 7) is 2.03. The summed E-state index contributed by atoms with van der Waals surface area (Å²) in [5, 5.41) is 10.3. The van der Waals surface area contributed by atoms with Crippen LogP contribution >= 0.6 is 0 Å². The van der Waals surface area contributed by atoms with Crippen molar-refractivity contribution in [2.24, 2.45) is 0 Å². The number of hydrogen-bond donors (Lipinski definition) is 1. The Morgan fingerprint density at radius 2 is 1.27 bits per heavy atom. The largest absolute Gasteiger partial charge is 0.366 e. The molecular weight excluding hydrogens is 320 g/mol. The summed E-state index contributed by atoms with van der Waals surface area (Å²) in [6.07, 6.45) is 8.16. The number of nitrogens with zero attached hydrogens (tertiary/aromatic N) is 1. The number of amides is 1. The first-order valence-corrected chi connectivity index (χ1v) is 8.77. The summed E-state index contributed by atoms with van der Waals surface area (Å²) in [5.41, 5.74) is 1.88. The van der Waals surface area contributed by atoms with Gasteiger partial charge in [0, 0.05) is 33.6 Å². The molecule has 0 fully saturated rings. The van der Waals surface area contributed by atoms with Crippen molar-refractivity contribution in [1.29, 1.82) is 0 Å². The molecule has 3 aromatic carbocycles. The fraction of sp³-hybridized carbons (Fsp3) is 0.0870. The van der Waals surface area contributed by atoms with Gasteiger partial charge in [-0.1, -0.05) is 29.8 Å². The second-order valence-electron chi connectivity index (χ2n) is 7.27. The van der Waals surface area contributed by atoms with E-state index in [0.29, 0.717) is 0 Å². The van der Waals surface area contributed by atoms with Gasteiger partial charge in [-0.3, -0.25) is 0 Å². The number of rotatable bonds is 1. The van der Waals surface area contributed by atoms with Crippen LogP contribution in [0.3, 0.4) is 0 Å². The van der Waals surface area contributed by atoms with Crippen LogP contribution in [0, 0.1) is 6.92 Å². The second kappa shape index (κ2) is 5.16. The number of nitrogens with one attached hydrogen (secondary N) is 1. The minimum Gasteiger partial charge on any atom is -0.366 e. The highest BCUT2D eigenvalue weighted by atomic mass is 16.2. The molecule has 2 aliphatic heterocycles. The Labute approximate surface area is 151 Å². The van der Waals surface area contributed by atoms with E-state index in [9.17, 15) is 4.79 Å². The van der Waals surface area contributed by atoms with E-state index in [1.54, 1.807) is 0 Å². The number of hydrogen-bond acceptors (Lipinski definition) is 2. The molecule has 0 saturated carbocycles. The highest BCUT2D eigenvalue weighted by Gasteiger charge is 2.31. The maximum atomic E-state index is 13.3. The maximum Gasteiger partial charge on any atom is 0.354 e. The van der Waals surface area contributed by atoms with Gasteiger partial charge in [0.15, 0.2) is 0 Å². The summed E-state index contributed by atoms with van der Waals surface area (Å²) >= 11 is 0. The van der Waals surface area contributed by atoms with Gasteiger partial charge < -0.3 is 5.32 Å². The number of carbonyl (C=O) groups excluding carboxylic acids is 1. The molecule has 0 radical (unpaired) electrons. The molecule has 3 nitrogen and oxygen atoms in total. The normalized spacial score (nSPS) is 15.8. The number of benzene rings is 3. The smallest absolute Gasteiger partial charge is 0.354 e. The predicted molar refractivity (Wildman–Crippen MR) is 105 cm³/mol. The van der Waals surface area contributed by atoms with Crippen LogP contribution < -0.4 is 26.2 Å². The second-order valence-corrected chi connectivity index (χ2v) is 7.27. The van der Waals surface area contributed by atoms with Crippen molar-refractivity contribution in [3.8, 4) is 0 Å². The van der Waals surface area contributed by atoms with Crippen molar-refractivity contribution in [3.63, 3.8) is 0 Å². The molecule has 0 aromatic heterocycles. The average Bonchev–Trinajstić information content (AvgIpc) is 2.66. The SMILES string of the molecule is Cc1ccc(C(=O)[N+]2(C)C=c3ccc4c5c(ccc(c35)=C2)=CNC=4)cc1. The van der Waals surface area contributed by atoms with E-state index in [1.807, 2.05) is 50.6 Å². The third-order valence-electron chi connectivity index (χ3n) is 5.32. The zero-order chi connectivity index (χ0) is 17.9. The fourth-order valence-corrected chi connectivity index (χ4v) is 3.99. The average molecular weight is 339 g/mol. The molecule has 3 aromatic rings. The van der Waals surface area contributed by atoms with Gasteiger partial charge in [-0.05, 0) is 41.6 Å². The lowest BCUT2D eigenvalue weighted by molar-refractivity contribution is -0.655. The van der Waals surface area contributed by atoms with Crippen LogP contribution in [0.15, 0.2) is 48.5 Å². The van der Waals surface area contributed by atoms with E-state index < -0.39 is 0 Å². The minimum atomic E-state index is 0.0730. The Morgan fingerprint density at radius 3 is 1.85 bits per heavy atom. The first-order valence-electron chi connectivity index (χ1n) is 8.77. The summed E-state index contributed by atoms with van der Waals surface area (Å²) in [7, 11) is 1.95. The Kier molecular flexibility index (Phi) is 3.00. The van der Waals surface area contributed by atoms with Crippen LogP contribution in [0.1, 0.15) is 15.9 Å². The van der Waals surface area contributed by atoms with Gasteiger partial charge >= 0.3 is 5.91 Å². The van der Waals surface area contributed by atoms with E-state index >= 15 is 0 Å². The summed E-state index contributed by atoms with van der Waals surface area (Å²) in [5.74, 6) is 0.0730. The lowest BCUT2D eigenvalue weighted by atomic mass is 9.99. The number of quaternary nitrogens is 1. The highest BCUT2D eigenvalue weighted by molar-refractivity contribution is 5.94. The zero-order valence-electron chi connectivity index (χ0n) is 14.8. The molecule has 3 heteroatoms. The van der Waals surface area contributed by atoms with Gasteiger partial charge in [0.1, 0.15) is 12.4 Å². The van der Waals surface area contributed by atoms with Crippen molar-refractivity contribution >= 4 is 41.5 Å². The Hall–Kier alpha value is -3.17. The third-order valence-corrected chi connectivity index (χ3v) is 5.32. The van der Waals surface area contributed by atoms with Crippen LogP contribution in [0.5, 0.6) is 0 Å². The third kappa shape index (κ3) is 2.07. The molecule has 0 aliphatic carbocycles. The molecule has 0 atom stereocenters. The van der Waals surface area contributed by atoms with Crippen LogP contribution in [-0.2, 0) is 0 Å². The minimum absolute atomic E-state index is 0.0730. The molecule has 126 valence electrons. The van der Waals surface area contributed by atoms with Crippen molar-refractivity contribution < 1.29 is 9.28 Å². The quantitative estimate of drug-likeness (QED) is 0.671. The van der Waals surface area contributed by atoms with Crippen molar-refractivity contribution in [1.82, 2.24) is 5.32 Å². The highest BCUT2D eigenvalue weighted by Crippen LogP contribution is 2.17. The maximum absolute atomic E-state index is 13.3. The van der Waals surface area contributed by atoms with Crippen molar-refractivity contribution in [2.75, 3.05) is 7.05 Å². The lowest BCUT2D eigenvalue weighted by Crippen LogP contribution is -2.45.